The van der Waals surface area contributed by atoms with E-state index < -0.39 is 9.84 Å². The molecule has 0 aliphatic carbocycles. The first kappa shape index (κ1) is 11.2. The van der Waals surface area contributed by atoms with E-state index in [2.05, 4.69) is 6.58 Å². The first-order valence-electron chi connectivity index (χ1n) is 4.51. The molecule has 1 fully saturated rings. The molecule has 1 saturated heterocycles. The highest BCUT2D eigenvalue weighted by atomic mass is 32.2. The molecular weight excluding hydrogens is 202 g/mol. The van der Waals surface area contributed by atoms with Crippen LogP contribution in [0.3, 0.4) is 0 Å². The van der Waals surface area contributed by atoms with E-state index in [-0.39, 0.29) is 17.6 Å². The molecule has 1 atom stereocenters. The number of carbonyl (C=O) groups is 1. The van der Waals surface area contributed by atoms with E-state index in [1.54, 1.807) is 4.90 Å². The first-order valence-corrected chi connectivity index (χ1v) is 6.57. The van der Waals surface area contributed by atoms with Crippen molar-refractivity contribution in [2.24, 2.45) is 5.92 Å². The summed E-state index contributed by atoms with van der Waals surface area (Å²) in [6.07, 6.45) is 3.26. The summed E-state index contributed by atoms with van der Waals surface area (Å²) in [7, 11) is -2.93. The minimum Gasteiger partial charge on any atom is -0.339 e. The highest BCUT2D eigenvalue weighted by Crippen LogP contribution is 2.17. The van der Waals surface area contributed by atoms with Gasteiger partial charge in [-0.15, -0.1) is 0 Å². The van der Waals surface area contributed by atoms with Gasteiger partial charge in [0.1, 0.15) is 9.84 Å². The number of likely N-dealkylation sites (tertiary alicyclic amines) is 1. The Labute approximate surface area is 84.5 Å². The SMILES string of the molecule is C=CC(=O)N1CC[C@@H](CS(C)(=O)=O)C1. The molecule has 0 unspecified atom stereocenters. The minimum atomic E-state index is -2.93. The van der Waals surface area contributed by atoms with Crippen LogP contribution in [0, 0.1) is 5.92 Å². The van der Waals surface area contributed by atoms with Gasteiger partial charge in [-0.05, 0) is 18.4 Å². The van der Waals surface area contributed by atoms with Crippen LogP contribution in [-0.2, 0) is 14.6 Å². The lowest BCUT2D eigenvalue weighted by atomic mass is 10.2. The molecule has 0 saturated carbocycles. The Morgan fingerprint density at radius 3 is 2.79 bits per heavy atom. The third kappa shape index (κ3) is 3.14. The molecule has 80 valence electrons. The molecule has 5 heteroatoms. The Bertz CT molecular complexity index is 334. The molecule has 0 aromatic carbocycles. The van der Waals surface area contributed by atoms with Crippen LogP contribution in [0.4, 0.5) is 0 Å². The van der Waals surface area contributed by atoms with Gasteiger partial charge in [-0.3, -0.25) is 4.79 Å². The van der Waals surface area contributed by atoms with Gasteiger partial charge in [-0.25, -0.2) is 8.42 Å². The van der Waals surface area contributed by atoms with Gasteiger partial charge in [-0.1, -0.05) is 6.58 Å². The van der Waals surface area contributed by atoms with E-state index in [1.165, 1.54) is 12.3 Å². The van der Waals surface area contributed by atoms with Gasteiger partial charge < -0.3 is 4.90 Å². The average molecular weight is 217 g/mol. The van der Waals surface area contributed by atoms with Crippen LogP contribution in [0.15, 0.2) is 12.7 Å². The lowest BCUT2D eigenvalue weighted by Crippen LogP contribution is -2.27. The van der Waals surface area contributed by atoms with Crippen molar-refractivity contribution in [2.75, 3.05) is 25.1 Å². The molecule has 1 amide bonds. The van der Waals surface area contributed by atoms with Gasteiger partial charge in [0, 0.05) is 19.3 Å². The molecule has 0 radical (unpaired) electrons. The molecule has 1 aliphatic rings. The standard InChI is InChI=1S/C9H15NO3S/c1-3-9(11)10-5-4-8(6-10)7-14(2,12)13/h3,8H,1,4-7H2,2H3/t8-/m1/s1. The van der Waals surface area contributed by atoms with Gasteiger partial charge in [0.2, 0.25) is 5.91 Å². The second-order valence-corrected chi connectivity index (χ2v) is 5.92. The summed E-state index contributed by atoms with van der Waals surface area (Å²) in [5.41, 5.74) is 0. The first-order chi connectivity index (χ1) is 6.42. The van der Waals surface area contributed by atoms with Crippen LogP contribution in [0.25, 0.3) is 0 Å². The third-order valence-electron chi connectivity index (χ3n) is 2.31. The van der Waals surface area contributed by atoms with Crippen molar-refractivity contribution in [3.63, 3.8) is 0 Å². The van der Waals surface area contributed by atoms with E-state index in [9.17, 15) is 13.2 Å². The fourth-order valence-electron chi connectivity index (χ4n) is 1.73. The molecule has 0 aromatic rings. The molecule has 0 spiro atoms. The summed E-state index contributed by atoms with van der Waals surface area (Å²) in [4.78, 5) is 12.8. The fraction of sp³-hybridized carbons (Fsp3) is 0.667. The summed E-state index contributed by atoms with van der Waals surface area (Å²) in [6.45, 7) is 4.58. The Kier molecular flexibility index (Phi) is 3.31. The predicted molar refractivity (Wildman–Crippen MR) is 54.6 cm³/mol. The van der Waals surface area contributed by atoms with E-state index in [0.29, 0.717) is 13.1 Å². The van der Waals surface area contributed by atoms with Crippen molar-refractivity contribution in [3.05, 3.63) is 12.7 Å². The number of hydrogen-bond donors (Lipinski definition) is 0. The van der Waals surface area contributed by atoms with E-state index in [1.807, 2.05) is 0 Å². The van der Waals surface area contributed by atoms with Crippen LogP contribution >= 0.6 is 0 Å². The zero-order valence-electron chi connectivity index (χ0n) is 8.27. The lowest BCUT2D eigenvalue weighted by molar-refractivity contribution is -0.125. The van der Waals surface area contributed by atoms with Crippen molar-refractivity contribution in [3.8, 4) is 0 Å². The van der Waals surface area contributed by atoms with Crippen molar-refractivity contribution in [1.82, 2.24) is 4.90 Å². The third-order valence-corrected chi connectivity index (χ3v) is 3.39. The highest BCUT2D eigenvalue weighted by molar-refractivity contribution is 7.90. The van der Waals surface area contributed by atoms with Crippen LogP contribution in [0.5, 0.6) is 0 Å². The van der Waals surface area contributed by atoms with E-state index in [0.717, 1.165) is 6.42 Å². The van der Waals surface area contributed by atoms with Crippen molar-refractivity contribution in [1.29, 1.82) is 0 Å². The van der Waals surface area contributed by atoms with Crippen LogP contribution in [0.1, 0.15) is 6.42 Å². The number of amides is 1. The van der Waals surface area contributed by atoms with Crippen LogP contribution in [-0.4, -0.2) is 44.3 Å². The molecule has 0 N–H and O–H groups in total. The Balaban J connectivity index is 2.50. The Hall–Kier alpha value is -0.840. The molecule has 4 nitrogen and oxygen atoms in total. The lowest BCUT2D eigenvalue weighted by Gasteiger charge is -2.13. The highest BCUT2D eigenvalue weighted by Gasteiger charge is 2.27. The Morgan fingerprint density at radius 2 is 2.29 bits per heavy atom. The summed E-state index contributed by atoms with van der Waals surface area (Å²) >= 11 is 0. The maximum absolute atomic E-state index is 11.2. The van der Waals surface area contributed by atoms with Gasteiger partial charge in [0.05, 0.1) is 5.75 Å². The molecule has 1 aliphatic heterocycles. The second-order valence-electron chi connectivity index (χ2n) is 3.74. The predicted octanol–water partition coefficient (Wildman–Crippen LogP) is 0.0655. The molecule has 0 aromatic heterocycles. The number of nitrogens with zero attached hydrogens (tertiary/aromatic N) is 1. The monoisotopic (exact) mass is 217 g/mol. The van der Waals surface area contributed by atoms with Crippen molar-refractivity contribution in [2.45, 2.75) is 6.42 Å². The number of sulfone groups is 1. The summed E-state index contributed by atoms with van der Waals surface area (Å²) in [5.74, 6) is 0.156. The van der Waals surface area contributed by atoms with Crippen LogP contribution in [0.2, 0.25) is 0 Å². The molecule has 14 heavy (non-hydrogen) atoms. The number of carbonyl (C=O) groups excluding carboxylic acids is 1. The normalized spacial score (nSPS) is 22.4. The minimum absolute atomic E-state index is 0.0916. The zero-order chi connectivity index (χ0) is 10.8. The Morgan fingerprint density at radius 1 is 1.64 bits per heavy atom. The van der Waals surface area contributed by atoms with Crippen LogP contribution < -0.4 is 0 Å². The maximum Gasteiger partial charge on any atom is 0.245 e. The number of rotatable bonds is 3. The zero-order valence-corrected chi connectivity index (χ0v) is 9.09. The van der Waals surface area contributed by atoms with E-state index in [4.69, 9.17) is 0 Å². The molecule has 1 heterocycles. The smallest absolute Gasteiger partial charge is 0.245 e. The summed E-state index contributed by atoms with van der Waals surface area (Å²) < 4.78 is 22.0. The molecule has 1 rings (SSSR count). The quantitative estimate of drug-likeness (QED) is 0.628. The van der Waals surface area contributed by atoms with Crippen molar-refractivity contribution >= 4 is 15.7 Å². The van der Waals surface area contributed by atoms with E-state index >= 15 is 0 Å². The maximum atomic E-state index is 11.2. The molecule has 0 bridgehead atoms. The fourth-order valence-corrected chi connectivity index (χ4v) is 2.85. The molecular formula is C9H15NO3S. The summed E-state index contributed by atoms with van der Waals surface area (Å²) in [5, 5.41) is 0. The van der Waals surface area contributed by atoms with Gasteiger partial charge in [0.15, 0.2) is 0 Å². The van der Waals surface area contributed by atoms with Gasteiger partial charge >= 0.3 is 0 Å². The average Bonchev–Trinajstić information content (AvgIpc) is 2.48. The van der Waals surface area contributed by atoms with Crippen molar-refractivity contribution < 1.29 is 13.2 Å². The van der Waals surface area contributed by atoms with Gasteiger partial charge in [-0.2, -0.15) is 0 Å². The van der Waals surface area contributed by atoms with Gasteiger partial charge in [0.25, 0.3) is 0 Å². The topological polar surface area (TPSA) is 54.5 Å². The largest absolute Gasteiger partial charge is 0.339 e. The summed E-state index contributed by atoms with van der Waals surface area (Å²) in [6, 6.07) is 0. The number of hydrogen-bond acceptors (Lipinski definition) is 3. The second kappa shape index (κ2) is 4.13.